The smallest absolute Gasteiger partial charge is 0.340 e. The molecule has 9 nitrogen and oxygen atoms in total. The third-order valence-electron chi connectivity index (χ3n) is 5.41. The molecule has 190 valence electrons. The molecule has 3 aromatic carbocycles. The van der Waals surface area contributed by atoms with E-state index in [1.165, 1.54) is 45.6 Å². The van der Waals surface area contributed by atoms with Gasteiger partial charge in [0.1, 0.15) is 6.04 Å². The topological polar surface area (TPSA) is 120 Å². The zero-order valence-corrected chi connectivity index (χ0v) is 21.2. The number of anilines is 1. The van der Waals surface area contributed by atoms with E-state index in [0.717, 1.165) is 11.1 Å². The summed E-state index contributed by atoms with van der Waals surface area (Å²) in [7, 11) is -0.00700. The lowest BCUT2D eigenvalue weighted by atomic mass is 10.1. The number of carbonyl (C=O) groups excluding carboxylic acids is 2. The second-order valence-corrected chi connectivity index (χ2v) is 9.62. The maximum Gasteiger partial charge on any atom is 0.340 e. The summed E-state index contributed by atoms with van der Waals surface area (Å²) in [6, 6.07) is 16.9. The summed E-state index contributed by atoms with van der Waals surface area (Å²) in [5.74, 6) is -0.866. The fraction of sp³-hybridized carbons (Fsp3) is 0.231. The van der Waals surface area contributed by atoms with Crippen molar-refractivity contribution in [1.82, 2.24) is 4.72 Å². The lowest BCUT2D eigenvalue weighted by Gasteiger charge is -2.20. The van der Waals surface area contributed by atoms with Crippen LogP contribution in [0.4, 0.5) is 5.69 Å². The van der Waals surface area contributed by atoms with Crippen molar-refractivity contribution in [2.75, 3.05) is 26.6 Å². The Labute approximate surface area is 210 Å². The Morgan fingerprint density at radius 1 is 0.889 bits per heavy atom. The van der Waals surface area contributed by atoms with Crippen molar-refractivity contribution in [2.24, 2.45) is 0 Å². The number of hydrogen-bond acceptors (Lipinski definition) is 7. The van der Waals surface area contributed by atoms with E-state index < -0.39 is 27.9 Å². The van der Waals surface area contributed by atoms with Crippen LogP contribution in [0.25, 0.3) is 0 Å². The van der Waals surface area contributed by atoms with Crippen LogP contribution in [0.2, 0.25) is 0 Å². The zero-order chi connectivity index (χ0) is 26.3. The number of hydrogen-bond donors (Lipinski definition) is 2. The van der Waals surface area contributed by atoms with Gasteiger partial charge in [0.15, 0.2) is 11.5 Å². The van der Waals surface area contributed by atoms with Gasteiger partial charge in [-0.25, -0.2) is 13.2 Å². The number of methoxy groups -OCH3 is 3. The molecule has 0 aliphatic carbocycles. The van der Waals surface area contributed by atoms with Crippen LogP contribution in [0.15, 0.2) is 71.6 Å². The van der Waals surface area contributed by atoms with Gasteiger partial charge in [-0.05, 0) is 31.0 Å². The van der Waals surface area contributed by atoms with Gasteiger partial charge in [0.05, 0.1) is 37.5 Å². The molecule has 0 bridgehead atoms. The number of ether oxygens (including phenoxy) is 3. The van der Waals surface area contributed by atoms with Gasteiger partial charge < -0.3 is 19.5 Å². The Morgan fingerprint density at radius 3 is 2.08 bits per heavy atom. The molecule has 0 spiro atoms. The molecule has 0 aromatic heterocycles. The van der Waals surface area contributed by atoms with Crippen molar-refractivity contribution >= 4 is 27.6 Å². The largest absolute Gasteiger partial charge is 0.493 e. The molecule has 1 atom stereocenters. The van der Waals surface area contributed by atoms with E-state index >= 15 is 0 Å². The summed E-state index contributed by atoms with van der Waals surface area (Å²) < 4.78 is 44.1. The molecule has 0 aliphatic rings. The molecule has 1 amide bonds. The van der Waals surface area contributed by atoms with Crippen molar-refractivity contribution in [1.29, 1.82) is 0 Å². The lowest BCUT2D eigenvalue weighted by molar-refractivity contribution is -0.117. The second kappa shape index (κ2) is 11.7. The minimum atomic E-state index is -4.04. The van der Waals surface area contributed by atoms with Crippen LogP contribution < -0.4 is 19.5 Å². The standard InChI is InChI=1S/C26H28N2O7S/c1-17-10-12-19(13-11-17)36(31,32)28-22(14-18-8-6-5-7-9-18)25(29)27-21-16-24(34-3)23(33-2)15-20(21)26(30)35-4/h5-13,15-16,22,28H,14H2,1-4H3,(H,27,29)/t22-/m1/s1. The van der Waals surface area contributed by atoms with Crippen LogP contribution in [0, 0.1) is 6.92 Å². The quantitative estimate of drug-likeness (QED) is 0.400. The van der Waals surface area contributed by atoms with Gasteiger partial charge >= 0.3 is 5.97 Å². The highest BCUT2D eigenvalue weighted by Crippen LogP contribution is 2.34. The summed E-state index contributed by atoms with van der Waals surface area (Å²) >= 11 is 0. The molecule has 36 heavy (non-hydrogen) atoms. The Hall–Kier alpha value is -3.89. The maximum atomic E-state index is 13.4. The van der Waals surface area contributed by atoms with E-state index in [0.29, 0.717) is 0 Å². The zero-order valence-electron chi connectivity index (χ0n) is 20.4. The van der Waals surface area contributed by atoms with E-state index in [4.69, 9.17) is 14.2 Å². The van der Waals surface area contributed by atoms with E-state index in [1.54, 1.807) is 36.4 Å². The average molecular weight is 513 g/mol. The first kappa shape index (κ1) is 26.7. The molecular formula is C26H28N2O7S. The van der Waals surface area contributed by atoms with Crippen molar-refractivity contribution in [3.63, 3.8) is 0 Å². The first-order valence-electron chi connectivity index (χ1n) is 11.0. The molecule has 10 heteroatoms. The Kier molecular flexibility index (Phi) is 8.68. The van der Waals surface area contributed by atoms with Crippen LogP contribution in [-0.4, -0.2) is 47.7 Å². The van der Waals surface area contributed by atoms with Gasteiger partial charge in [-0.2, -0.15) is 4.72 Å². The summed E-state index contributed by atoms with van der Waals surface area (Å²) in [6.45, 7) is 1.84. The van der Waals surface area contributed by atoms with Gasteiger partial charge in [-0.1, -0.05) is 48.0 Å². The van der Waals surface area contributed by atoms with E-state index in [-0.39, 0.29) is 34.1 Å². The normalized spacial score (nSPS) is 11.9. The number of rotatable bonds is 10. The molecule has 0 aliphatic heterocycles. The van der Waals surface area contributed by atoms with Crippen LogP contribution in [0.1, 0.15) is 21.5 Å². The predicted octanol–water partition coefficient (Wildman–Crippen LogP) is 3.33. The molecule has 0 heterocycles. The molecular weight excluding hydrogens is 484 g/mol. The van der Waals surface area contributed by atoms with Crippen molar-refractivity contribution in [2.45, 2.75) is 24.3 Å². The van der Waals surface area contributed by atoms with Crippen LogP contribution >= 0.6 is 0 Å². The van der Waals surface area contributed by atoms with Crippen LogP contribution in [-0.2, 0) is 26.0 Å². The molecule has 0 saturated heterocycles. The minimum absolute atomic E-state index is 0.0170. The first-order valence-corrected chi connectivity index (χ1v) is 12.4. The number of amides is 1. The van der Waals surface area contributed by atoms with Crippen molar-refractivity contribution < 1.29 is 32.2 Å². The predicted molar refractivity (Wildman–Crippen MR) is 135 cm³/mol. The summed E-state index contributed by atoms with van der Waals surface area (Å²) in [6.07, 6.45) is 0.0681. The Balaban J connectivity index is 1.98. The second-order valence-electron chi connectivity index (χ2n) is 7.91. The monoisotopic (exact) mass is 512 g/mol. The fourth-order valence-electron chi connectivity index (χ4n) is 3.49. The van der Waals surface area contributed by atoms with Crippen molar-refractivity contribution in [3.8, 4) is 11.5 Å². The van der Waals surface area contributed by atoms with E-state index in [1.807, 2.05) is 13.0 Å². The van der Waals surface area contributed by atoms with Crippen molar-refractivity contribution in [3.05, 3.63) is 83.4 Å². The molecule has 0 fully saturated rings. The lowest BCUT2D eigenvalue weighted by Crippen LogP contribution is -2.45. The number of benzene rings is 3. The van der Waals surface area contributed by atoms with Gasteiger partial charge in [-0.15, -0.1) is 0 Å². The summed E-state index contributed by atoms with van der Waals surface area (Å²) in [5.41, 5.74) is 1.74. The average Bonchev–Trinajstić information content (AvgIpc) is 2.88. The molecule has 3 aromatic rings. The molecule has 0 radical (unpaired) electrons. The third kappa shape index (κ3) is 6.41. The third-order valence-corrected chi connectivity index (χ3v) is 6.90. The van der Waals surface area contributed by atoms with Crippen LogP contribution in [0.5, 0.6) is 11.5 Å². The summed E-state index contributed by atoms with van der Waals surface area (Å²) in [4.78, 5) is 25.9. The van der Waals surface area contributed by atoms with Gasteiger partial charge in [0.2, 0.25) is 15.9 Å². The molecule has 0 saturated carbocycles. The first-order chi connectivity index (χ1) is 17.2. The van der Waals surface area contributed by atoms with Gasteiger partial charge in [-0.3, -0.25) is 4.79 Å². The number of aryl methyl sites for hydroxylation is 1. The van der Waals surface area contributed by atoms with E-state index in [9.17, 15) is 18.0 Å². The van der Waals surface area contributed by atoms with Gasteiger partial charge in [0.25, 0.3) is 0 Å². The SMILES string of the molecule is COC(=O)c1cc(OC)c(OC)cc1NC(=O)[C@@H](Cc1ccccc1)NS(=O)(=O)c1ccc(C)cc1. The number of sulfonamides is 1. The Morgan fingerprint density at radius 2 is 1.50 bits per heavy atom. The fourth-order valence-corrected chi connectivity index (χ4v) is 4.69. The molecule has 3 rings (SSSR count). The van der Waals surface area contributed by atoms with E-state index in [2.05, 4.69) is 10.0 Å². The highest BCUT2D eigenvalue weighted by molar-refractivity contribution is 7.89. The summed E-state index contributed by atoms with van der Waals surface area (Å²) in [5, 5.41) is 2.65. The van der Waals surface area contributed by atoms with Crippen LogP contribution in [0.3, 0.4) is 0 Å². The molecule has 2 N–H and O–H groups in total. The number of nitrogens with one attached hydrogen (secondary N) is 2. The molecule has 0 unspecified atom stereocenters. The minimum Gasteiger partial charge on any atom is -0.493 e. The highest BCUT2D eigenvalue weighted by Gasteiger charge is 2.28. The highest BCUT2D eigenvalue weighted by atomic mass is 32.2. The Bertz CT molecular complexity index is 1320. The number of esters is 1. The number of carbonyl (C=O) groups is 2. The van der Waals surface area contributed by atoms with Gasteiger partial charge in [0, 0.05) is 12.1 Å². The maximum absolute atomic E-state index is 13.4.